The fourth-order valence-corrected chi connectivity index (χ4v) is 5.00. The Hall–Kier alpha value is -3.99. The van der Waals surface area contributed by atoms with Crippen LogP contribution < -0.4 is 15.5 Å². The first-order chi connectivity index (χ1) is 16.4. The second-order valence-corrected chi connectivity index (χ2v) is 10.3. The lowest BCUT2D eigenvalue weighted by atomic mass is 10.2. The van der Waals surface area contributed by atoms with E-state index in [-0.39, 0.29) is 17.4 Å². The lowest BCUT2D eigenvalue weighted by molar-refractivity contribution is -0.114. The number of aromatic amines is 1. The molecule has 0 atom stereocenters. The molecular formula is C23H23N7O3S. The zero-order chi connectivity index (χ0) is 23.7. The minimum absolute atomic E-state index is 0.168. The number of amides is 1. The average molecular weight is 478 g/mol. The highest BCUT2D eigenvalue weighted by Gasteiger charge is 2.21. The number of nitrogens with one attached hydrogen (secondary N) is 3. The average Bonchev–Trinajstić information content (AvgIpc) is 3.25. The molecule has 5 rings (SSSR count). The van der Waals surface area contributed by atoms with E-state index in [0.29, 0.717) is 41.8 Å². The second kappa shape index (κ2) is 8.75. The fraction of sp³-hybridized carbons (Fsp3) is 0.217. The van der Waals surface area contributed by atoms with Crippen molar-refractivity contribution in [3.63, 3.8) is 0 Å². The Morgan fingerprint density at radius 2 is 1.68 bits per heavy atom. The van der Waals surface area contributed by atoms with E-state index in [1.54, 1.807) is 0 Å². The molecule has 4 aromatic rings. The van der Waals surface area contributed by atoms with E-state index < -0.39 is 9.84 Å². The number of aromatic nitrogens is 4. The Morgan fingerprint density at radius 1 is 0.971 bits per heavy atom. The molecule has 11 heteroatoms. The molecule has 0 saturated carbocycles. The van der Waals surface area contributed by atoms with Gasteiger partial charge in [-0.25, -0.2) is 13.4 Å². The molecule has 174 valence electrons. The molecule has 1 aliphatic heterocycles. The summed E-state index contributed by atoms with van der Waals surface area (Å²) in [4.78, 5) is 30.6. The van der Waals surface area contributed by atoms with Crippen LogP contribution >= 0.6 is 0 Å². The van der Waals surface area contributed by atoms with Crippen molar-refractivity contribution in [3.05, 3.63) is 54.6 Å². The van der Waals surface area contributed by atoms with Crippen LogP contribution in [-0.2, 0) is 14.6 Å². The maximum Gasteiger partial charge on any atom is 0.231 e. The van der Waals surface area contributed by atoms with Gasteiger partial charge in [0.15, 0.2) is 21.3 Å². The molecule has 0 radical (unpaired) electrons. The van der Waals surface area contributed by atoms with Crippen LogP contribution in [-0.4, -0.2) is 58.9 Å². The molecule has 1 amide bonds. The summed E-state index contributed by atoms with van der Waals surface area (Å²) in [5, 5.41) is 5.90. The molecule has 0 aliphatic carbocycles. The number of rotatable bonds is 5. The standard InChI is InChI=1S/C23H23N7O3S/c1-15(31)24-21-19-22(27-20(26-19)16-5-3-2-4-6-16)29-23(28-21)25-17-7-9-18(10-8-17)30-11-13-34(32,33)14-12-30/h2-10H,11-14H2,1H3,(H3,24,25,26,27,28,29,31). The van der Waals surface area contributed by atoms with Crippen molar-refractivity contribution < 1.29 is 13.2 Å². The van der Waals surface area contributed by atoms with Gasteiger partial charge in [0.05, 0.1) is 11.5 Å². The number of imidazole rings is 1. The van der Waals surface area contributed by atoms with Crippen molar-refractivity contribution >= 4 is 50.0 Å². The van der Waals surface area contributed by atoms with Gasteiger partial charge in [-0.15, -0.1) is 0 Å². The highest BCUT2D eigenvalue weighted by molar-refractivity contribution is 7.91. The van der Waals surface area contributed by atoms with Crippen molar-refractivity contribution in [2.75, 3.05) is 40.1 Å². The molecule has 2 aromatic carbocycles. The van der Waals surface area contributed by atoms with E-state index >= 15 is 0 Å². The highest BCUT2D eigenvalue weighted by atomic mass is 32.2. The lowest BCUT2D eigenvalue weighted by Crippen LogP contribution is -2.40. The number of hydrogen-bond acceptors (Lipinski definition) is 8. The van der Waals surface area contributed by atoms with Gasteiger partial charge in [0.25, 0.3) is 0 Å². The molecule has 10 nitrogen and oxygen atoms in total. The molecule has 0 spiro atoms. The maximum absolute atomic E-state index is 11.8. The summed E-state index contributed by atoms with van der Waals surface area (Å²) in [6.45, 7) is 2.38. The van der Waals surface area contributed by atoms with Gasteiger partial charge in [0.2, 0.25) is 11.9 Å². The fourth-order valence-electron chi connectivity index (χ4n) is 3.80. The molecule has 34 heavy (non-hydrogen) atoms. The van der Waals surface area contributed by atoms with Crippen LogP contribution in [0.2, 0.25) is 0 Å². The molecule has 0 unspecified atom stereocenters. The van der Waals surface area contributed by atoms with Crippen molar-refractivity contribution in [2.24, 2.45) is 0 Å². The van der Waals surface area contributed by atoms with Gasteiger partial charge in [-0.2, -0.15) is 9.97 Å². The normalized spacial score (nSPS) is 15.3. The third-order valence-corrected chi connectivity index (χ3v) is 7.13. The van der Waals surface area contributed by atoms with Crippen LogP contribution in [0.1, 0.15) is 6.92 Å². The molecule has 2 aromatic heterocycles. The summed E-state index contributed by atoms with van der Waals surface area (Å²) < 4.78 is 23.3. The summed E-state index contributed by atoms with van der Waals surface area (Å²) in [6, 6.07) is 17.2. The van der Waals surface area contributed by atoms with Gasteiger partial charge in [-0.05, 0) is 24.3 Å². The minimum Gasteiger partial charge on any atom is -0.369 e. The topological polar surface area (TPSA) is 133 Å². The smallest absolute Gasteiger partial charge is 0.231 e. The van der Waals surface area contributed by atoms with Gasteiger partial charge < -0.3 is 20.5 Å². The van der Waals surface area contributed by atoms with Crippen LogP contribution in [0.4, 0.5) is 23.1 Å². The third kappa shape index (κ3) is 4.69. The van der Waals surface area contributed by atoms with Crippen LogP contribution in [0.3, 0.4) is 0 Å². The Kier molecular flexibility index (Phi) is 5.62. The van der Waals surface area contributed by atoms with Gasteiger partial charge >= 0.3 is 0 Å². The first-order valence-electron chi connectivity index (χ1n) is 10.8. The second-order valence-electron chi connectivity index (χ2n) is 8.04. The first kappa shape index (κ1) is 21.8. The summed E-state index contributed by atoms with van der Waals surface area (Å²) in [5.41, 5.74) is 3.56. The van der Waals surface area contributed by atoms with Crippen LogP contribution in [0.5, 0.6) is 0 Å². The van der Waals surface area contributed by atoms with Gasteiger partial charge in [0, 0.05) is 37.0 Å². The number of anilines is 4. The summed E-state index contributed by atoms with van der Waals surface area (Å²) >= 11 is 0. The van der Waals surface area contributed by atoms with Crippen molar-refractivity contribution in [1.82, 2.24) is 19.9 Å². The van der Waals surface area contributed by atoms with E-state index in [1.165, 1.54) is 6.92 Å². The SMILES string of the molecule is CC(=O)Nc1nc(Nc2ccc(N3CCS(=O)(=O)CC3)cc2)nc2nc(-c3ccccc3)[nH]c12. The highest BCUT2D eigenvalue weighted by Crippen LogP contribution is 2.27. The number of carbonyl (C=O) groups is 1. The van der Waals surface area contributed by atoms with Crippen LogP contribution in [0.15, 0.2) is 54.6 Å². The van der Waals surface area contributed by atoms with Crippen molar-refractivity contribution in [3.8, 4) is 11.4 Å². The van der Waals surface area contributed by atoms with Crippen molar-refractivity contribution in [2.45, 2.75) is 6.92 Å². The van der Waals surface area contributed by atoms with E-state index in [9.17, 15) is 13.2 Å². The molecule has 1 fully saturated rings. The molecular weight excluding hydrogens is 454 g/mol. The number of benzene rings is 2. The van der Waals surface area contributed by atoms with E-state index in [0.717, 1.165) is 16.9 Å². The Balaban J connectivity index is 1.41. The molecule has 3 N–H and O–H groups in total. The minimum atomic E-state index is -2.93. The predicted molar refractivity (Wildman–Crippen MR) is 132 cm³/mol. The maximum atomic E-state index is 11.8. The van der Waals surface area contributed by atoms with Crippen molar-refractivity contribution in [1.29, 1.82) is 0 Å². The Bertz CT molecular complexity index is 1440. The van der Waals surface area contributed by atoms with Crippen LogP contribution in [0, 0.1) is 0 Å². The number of hydrogen-bond donors (Lipinski definition) is 3. The van der Waals surface area contributed by atoms with E-state index in [1.807, 2.05) is 54.6 Å². The Labute approximate surface area is 196 Å². The van der Waals surface area contributed by atoms with E-state index in [4.69, 9.17) is 0 Å². The lowest BCUT2D eigenvalue weighted by Gasteiger charge is -2.28. The Morgan fingerprint density at radius 3 is 2.35 bits per heavy atom. The molecule has 3 heterocycles. The summed E-state index contributed by atoms with van der Waals surface area (Å²) in [7, 11) is -2.93. The van der Waals surface area contributed by atoms with Crippen LogP contribution in [0.25, 0.3) is 22.6 Å². The van der Waals surface area contributed by atoms with E-state index in [2.05, 4.69) is 35.5 Å². The number of H-pyrrole nitrogens is 1. The number of carbonyl (C=O) groups excluding carboxylic acids is 1. The number of sulfone groups is 1. The number of nitrogens with zero attached hydrogens (tertiary/aromatic N) is 4. The van der Waals surface area contributed by atoms with Gasteiger partial charge in [-0.1, -0.05) is 30.3 Å². The van der Waals surface area contributed by atoms with Gasteiger partial charge in [-0.3, -0.25) is 4.79 Å². The third-order valence-electron chi connectivity index (χ3n) is 5.53. The largest absolute Gasteiger partial charge is 0.369 e. The monoisotopic (exact) mass is 477 g/mol. The zero-order valence-electron chi connectivity index (χ0n) is 18.4. The number of fused-ring (bicyclic) bond motifs is 1. The molecule has 0 bridgehead atoms. The molecule has 1 aliphatic rings. The van der Waals surface area contributed by atoms with Gasteiger partial charge in [0.1, 0.15) is 11.3 Å². The summed E-state index contributed by atoms with van der Waals surface area (Å²) in [6.07, 6.45) is 0. The summed E-state index contributed by atoms with van der Waals surface area (Å²) in [5.74, 6) is 1.33. The predicted octanol–water partition coefficient (Wildman–Crippen LogP) is 2.96. The first-order valence-corrected chi connectivity index (χ1v) is 12.6. The zero-order valence-corrected chi connectivity index (χ0v) is 19.3. The quantitative estimate of drug-likeness (QED) is 0.400. The molecule has 1 saturated heterocycles.